The monoisotopic (exact) mass is 982 g/mol. The fourth-order valence-electron chi connectivity index (χ4n) is 14.4. The summed E-state index contributed by atoms with van der Waals surface area (Å²) >= 11 is 0. The molecule has 1 amide bonds. The van der Waals surface area contributed by atoms with E-state index in [1.54, 1.807) is 0 Å². The first-order chi connectivity index (χ1) is 32.2. The van der Waals surface area contributed by atoms with Crippen molar-refractivity contribution in [3.8, 4) is 0 Å². The zero-order valence-corrected chi connectivity index (χ0v) is 42.1. The van der Waals surface area contributed by atoms with E-state index in [4.69, 9.17) is 28.4 Å². The Morgan fingerprint density at radius 3 is 2.04 bits per heavy atom. The Morgan fingerprint density at radius 2 is 1.42 bits per heavy atom. The number of aliphatic carboxylic acids is 1. The molecule has 18 nitrogen and oxygen atoms in total. The Morgan fingerprint density at radius 1 is 0.783 bits per heavy atom. The molecule has 10 N–H and O–H groups in total. The summed E-state index contributed by atoms with van der Waals surface area (Å²) in [6, 6.07) is -1.43. The molecule has 7 rings (SSSR count). The van der Waals surface area contributed by atoms with E-state index in [2.05, 4.69) is 67.3 Å². The Bertz CT molecular complexity index is 1910. The van der Waals surface area contributed by atoms with Crippen LogP contribution < -0.4 is 5.32 Å². The highest BCUT2D eigenvalue weighted by Crippen LogP contribution is 2.73. The molecule has 3 saturated heterocycles. The standard InChI is InChI=1S/C51H83NO17/c1-24(11-12-25(2)47(4,5)6)27-16-20-51(46(62)63)29-13-14-33-48(7,8)34(17-18-49(33,9)28(29)15-19-50(27,51)10)67-45-42(69-43-35(52-26(3)55)39(60)37(58)31(21-53)65-43)41(38(59)32(22-54)66-45)68-44-40(61)36(57)30(56)23-64-44/h24,27,30-45,53-54,56-61H,2,11-23H2,1,3-10H3,(H,52,55)(H,62,63)/t24-,27-,30+,31-,32-,33+,34+,35-,36+,37-,38+,39+,40-,41+,42-,43+,44+,45+,49-,50-,51+/m1/s1. The molecule has 3 heterocycles. The molecule has 0 radical (unpaired) electrons. The Labute approximate surface area is 406 Å². The lowest BCUT2D eigenvalue weighted by Crippen LogP contribution is -2.69. The SMILES string of the molecule is C=C(CC[C@@H](C)[C@H]1CC[C@@]2(C(=O)O)C3=C(CC[C@]12C)[C@@]1(C)CC[C@H](O[C@@H]2O[C@H](CO)[C@H](O)[C@H](O[C@@H]4OC[C@H](O)[C@H](O)[C@H]4O)[C@H]2O[C@@H]2O[C@H](CO)[C@@H](O)[C@@H](O)[C@H]2NC(C)=O)C(C)(C)[C@@H]1CC3)C(C)(C)C. The summed E-state index contributed by atoms with van der Waals surface area (Å²) in [4.78, 5) is 26.4. The minimum absolute atomic E-state index is 0.00915. The van der Waals surface area contributed by atoms with Crippen LogP contribution in [0.4, 0.5) is 0 Å². The van der Waals surface area contributed by atoms with Crippen molar-refractivity contribution in [3.05, 3.63) is 23.3 Å². The van der Waals surface area contributed by atoms with Gasteiger partial charge in [0.2, 0.25) is 5.91 Å². The van der Waals surface area contributed by atoms with Crippen LogP contribution >= 0.6 is 0 Å². The maximum Gasteiger partial charge on any atom is 0.314 e. The number of aliphatic hydroxyl groups excluding tert-OH is 8. The molecular formula is C51H83NO17. The Kier molecular flexibility index (Phi) is 16.1. The van der Waals surface area contributed by atoms with Gasteiger partial charge in [-0.25, -0.2) is 0 Å². The van der Waals surface area contributed by atoms with Crippen LogP contribution in [0.2, 0.25) is 0 Å². The number of fused-ring (bicyclic) bond motifs is 4. The van der Waals surface area contributed by atoms with Crippen LogP contribution in [0.5, 0.6) is 0 Å². The van der Waals surface area contributed by atoms with Crippen molar-refractivity contribution in [3.63, 3.8) is 0 Å². The first-order valence-corrected chi connectivity index (χ1v) is 25.3. The van der Waals surface area contributed by atoms with E-state index in [9.17, 15) is 55.5 Å². The van der Waals surface area contributed by atoms with E-state index < -0.39 is 140 Å². The quantitative estimate of drug-likeness (QED) is 0.112. The summed E-state index contributed by atoms with van der Waals surface area (Å²) in [6.07, 6.45) is -13.9. The van der Waals surface area contributed by atoms with Crippen molar-refractivity contribution in [2.24, 2.45) is 44.8 Å². The predicted octanol–water partition coefficient (Wildman–Crippen LogP) is 2.44. The number of hydrogen-bond acceptors (Lipinski definition) is 16. The van der Waals surface area contributed by atoms with Crippen LogP contribution in [-0.4, -0.2) is 170 Å². The minimum Gasteiger partial charge on any atom is -0.481 e. The van der Waals surface area contributed by atoms with Crippen LogP contribution in [0.25, 0.3) is 0 Å². The topological polar surface area (TPSA) is 284 Å². The lowest BCUT2D eigenvalue weighted by Gasteiger charge is -2.62. The van der Waals surface area contributed by atoms with E-state index in [0.29, 0.717) is 38.0 Å². The van der Waals surface area contributed by atoms with E-state index in [1.807, 2.05) is 0 Å². The second kappa shape index (κ2) is 20.3. The van der Waals surface area contributed by atoms with Gasteiger partial charge in [-0.3, -0.25) is 9.59 Å². The van der Waals surface area contributed by atoms with E-state index in [1.165, 1.54) is 18.1 Å². The minimum atomic E-state index is -1.80. The van der Waals surface area contributed by atoms with Gasteiger partial charge in [0.15, 0.2) is 18.9 Å². The molecule has 0 bridgehead atoms. The number of nitrogens with one attached hydrogen (secondary N) is 1. The zero-order chi connectivity index (χ0) is 50.9. The van der Waals surface area contributed by atoms with Crippen molar-refractivity contribution in [2.45, 2.75) is 219 Å². The van der Waals surface area contributed by atoms with Crippen LogP contribution in [0.15, 0.2) is 23.3 Å². The van der Waals surface area contributed by atoms with Crippen LogP contribution in [0, 0.1) is 44.8 Å². The summed E-state index contributed by atoms with van der Waals surface area (Å²) in [5, 5.41) is 100. The Balaban J connectivity index is 1.20. The number of carbonyl (C=O) groups is 2. The first-order valence-electron chi connectivity index (χ1n) is 25.3. The van der Waals surface area contributed by atoms with E-state index >= 15 is 0 Å². The van der Waals surface area contributed by atoms with Gasteiger partial charge in [-0.05, 0) is 104 Å². The summed E-state index contributed by atoms with van der Waals surface area (Å²) in [5.41, 5.74) is 1.22. The molecule has 0 aromatic carbocycles. The summed E-state index contributed by atoms with van der Waals surface area (Å²) < 4.78 is 37.5. The maximum atomic E-state index is 14.0. The summed E-state index contributed by atoms with van der Waals surface area (Å²) in [7, 11) is 0. The molecule has 0 unspecified atom stereocenters. The number of carboxylic acid groups (broad SMARTS) is 1. The second-order valence-corrected chi connectivity index (χ2v) is 23.7. The summed E-state index contributed by atoms with van der Waals surface area (Å²) in [6.45, 7) is 21.3. The van der Waals surface area contributed by atoms with Crippen LogP contribution in [0.1, 0.15) is 127 Å². The van der Waals surface area contributed by atoms with Gasteiger partial charge in [0.05, 0.1) is 31.3 Å². The number of carboxylic acids is 1. The highest BCUT2D eigenvalue weighted by Gasteiger charge is 2.69. The molecule has 0 spiro atoms. The number of aliphatic hydroxyl groups is 8. The maximum absolute atomic E-state index is 14.0. The van der Waals surface area contributed by atoms with Gasteiger partial charge in [0, 0.05) is 6.92 Å². The van der Waals surface area contributed by atoms with Crippen molar-refractivity contribution >= 4 is 11.9 Å². The lowest BCUT2D eigenvalue weighted by molar-refractivity contribution is -0.389. The fourth-order valence-corrected chi connectivity index (χ4v) is 14.4. The predicted molar refractivity (Wildman–Crippen MR) is 247 cm³/mol. The van der Waals surface area contributed by atoms with Crippen molar-refractivity contribution < 1.29 is 84.0 Å². The van der Waals surface area contributed by atoms with Gasteiger partial charge in [-0.2, -0.15) is 0 Å². The molecular weight excluding hydrogens is 899 g/mol. The molecule has 0 aromatic heterocycles. The fraction of sp³-hybridized carbons (Fsp3) is 0.882. The second-order valence-electron chi connectivity index (χ2n) is 23.7. The van der Waals surface area contributed by atoms with Gasteiger partial charge in [-0.1, -0.05) is 78.7 Å². The van der Waals surface area contributed by atoms with Crippen molar-refractivity contribution in [1.29, 1.82) is 0 Å². The number of ether oxygens (including phenoxy) is 6. The normalized spacial score (nSPS) is 46.0. The third kappa shape index (κ3) is 9.53. The van der Waals surface area contributed by atoms with E-state index in [0.717, 1.165) is 37.7 Å². The third-order valence-electron chi connectivity index (χ3n) is 18.6. The van der Waals surface area contributed by atoms with Crippen LogP contribution in [-0.2, 0) is 38.0 Å². The van der Waals surface area contributed by atoms with Gasteiger partial charge < -0.3 is 79.7 Å². The molecule has 21 atom stereocenters. The number of amides is 1. The average molecular weight is 982 g/mol. The lowest BCUT2D eigenvalue weighted by atomic mass is 9.43. The zero-order valence-electron chi connectivity index (χ0n) is 42.1. The smallest absolute Gasteiger partial charge is 0.314 e. The molecule has 5 fully saturated rings. The average Bonchev–Trinajstić information content (AvgIpc) is 3.61. The highest BCUT2D eigenvalue weighted by atomic mass is 16.8. The van der Waals surface area contributed by atoms with Crippen molar-refractivity contribution in [1.82, 2.24) is 5.32 Å². The van der Waals surface area contributed by atoms with Gasteiger partial charge in [-0.15, -0.1) is 0 Å². The van der Waals surface area contributed by atoms with Gasteiger partial charge >= 0.3 is 5.97 Å². The number of hydrogen-bond donors (Lipinski definition) is 10. The number of allylic oxidation sites excluding steroid dienone is 2. The molecule has 3 aliphatic heterocycles. The summed E-state index contributed by atoms with van der Waals surface area (Å²) in [5.74, 6) is -0.753. The highest BCUT2D eigenvalue weighted by molar-refractivity contribution is 5.82. The van der Waals surface area contributed by atoms with Gasteiger partial charge in [0.25, 0.3) is 0 Å². The first kappa shape index (κ1) is 54.6. The van der Waals surface area contributed by atoms with Gasteiger partial charge in [0.1, 0.15) is 67.1 Å². The molecule has 394 valence electrons. The molecule has 69 heavy (non-hydrogen) atoms. The largest absolute Gasteiger partial charge is 0.481 e. The molecule has 4 aliphatic carbocycles. The van der Waals surface area contributed by atoms with Crippen molar-refractivity contribution in [2.75, 3.05) is 19.8 Å². The van der Waals surface area contributed by atoms with Crippen LogP contribution in [0.3, 0.4) is 0 Å². The number of carbonyl (C=O) groups excluding carboxylic acids is 1. The van der Waals surface area contributed by atoms with E-state index in [-0.39, 0.29) is 22.7 Å². The molecule has 18 heteroatoms. The third-order valence-corrected chi connectivity index (χ3v) is 18.6. The molecule has 7 aliphatic rings. The number of rotatable bonds is 14. The molecule has 2 saturated carbocycles. The molecule has 0 aromatic rings. The Hall–Kier alpha value is -2.14.